The number of nitrogens with one attached hydrogen (secondary N) is 1. The summed E-state index contributed by atoms with van der Waals surface area (Å²) in [5, 5.41) is 11.3. The Morgan fingerprint density at radius 3 is 3.18 bits per heavy atom. The van der Waals surface area contributed by atoms with Gasteiger partial charge in [0, 0.05) is 13.2 Å². The summed E-state index contributed by atoms with van der Waals surface area (Å²) in [6.07, 6.45) is 4.42. The molecule has 1 saturated heterocycles. The van der Waals surface area contributed by atoms with E-state index < -0.39 is 0 Å². The van der Waals surface area contributed by atoms with E-state index in [1.807, 2.05) is 13.2 Å². The zero-order chi connectivity index (χ0) is 7.68. The summed E-state index contributed by atoms with van der Waals surface area (Å²) in [7, 11) is 1.89. The lowest BCUT2D eigenvalue weighted by Crippen LogP contribution is -2.13. The van der Waals surface area contributed by atoms with Gasteiger partial charge in [-0.2, -0.15) is 0 Å². The third-order valence-electron chi connectivity index (χ3n) is 2.04. The van der Waals surface area contributed by atoms with Gasteiger partial charge in [-0.1, -0.05) is 5.21 Å². The van der Waals surface area contributed by atoms with Gasteiger partial charge in [0.25, 0.3) is 0 Å². The summed E-state index contributed by atoms with van der Waals surface area (Å²) in [6.45, 7) is 1.11. The van der Waals surface area contributed by atoms with E-state index in [9.17, 15) is 0 Å². The van der Waals surface area contributed by atoms with Gasteiger partial charge in [0.1, 0.15) is 0 Å². The first-order valence-corrected chi connectivity index (χ1v) is 3.96. The van der Waals surface area contributed by atoms with Crippen molar-refractivity contribution < 1.29 is 0 Å². The largest absolute Gasteiger partial charge is 0.309 e. The normalized spacial score (nSPS) is 24.3. The minimum atomic E-state index is 0.448. The Hall–Kier alpha value is -0.900. The van der Waals surface area contributed by atoms with Crippen molar-refractivity contribution in [1.82, 2.24) is 20.3 Å². The molecule has 1 aromatic rings. The molecule has 0 radical (unpaired) electrons. The van der Waals surface area contributed by atoms with Gasteiger partial charge in [0.05, 0.1) is 11.7 Å². The van der Waals surface area contributed by atoms with Gasteiger partial charge in [-0.25, -0.2) is 0 Å². The number of aryl methyl sites for hydroxylation is 1. The van der Waals surface area contributed by atoms with E-state index >= 15 is 0 Å². The van der Waals surface area contributed by atoms with Crippen LogP contribution in [0.3, 0.4) is 0 Å². The Balaban J connectivity index is 2.15. The lowest BCUT2D eigenvalue weighted by molar-refractivity contribution is 0.624. The summed E-state index contributed by atoms with van der Waals surface area (Å²) in [5.74, 6) is 0. The second-order valence-electron chi connectivity index (χ2n) is 2.97. The van der Waals surface area contributed by atoms with Crippen LogP contribution in [0.2, 0.25) is 0 Å². The van der Waals surface area contributed by atoms with Crippen LogP contribution in [0.4, 0.5) is 0 Å². The molecule has 1 atom stereocenters. The Morgan fingerprint density at radius 2 is 2.64 bits per heavy atom. The van der Waals surface area contributed by atoms with E-state index in [1.165, 1.54) is 12.8 Å². The fourth-order valence-corrected chi connectivity index (χ4v) is 1.46. The first kappa shape index (κ1) is 6.79. The molecule has 1 aliphatic heterocycles. The molecular weight excluding hydrogens is 140 g/mol. The predicted octanol–water partition coefficient (Wildman–Crippen LogP) is 0.240. The summed E-state index contributed by atoms with van der Waals surface area (Å²) in [6, 6.07) is 0.448. The lowest BCUT2D eigenvalue weighted by atomic mass is 10.2. The van der Waals surface area contributed by atoms with Gasteiger partial charge < -0.3 is 5.32 Å². The number of nitrogens with zero attached hydrogens (tertiary/aromatic N) is 3. The van der Waals surface area contributed by atoms with E-state index in [1.54, 1.807) is 4.68 Å². The molecule has 60 valence electrons. The fourth-order valence-electron chi connectivity index (χ4n) is 1.46. The Kier molecular flexibility index (Phi) is 1.62. The maximum atomic E-state index is 4.05. The molecule has 0 saturated carbocycles. The molecule has 4 nitrogen and oxygen atoms in total. The summed E-state index contributed by atoms with van der Waals surface area (Å²) >= 11 is 0. The maximum Gasteiger partial charge on any atom is 0.0996 e. The molecule has 1 unspecified atom stereocenters. The van der Waals surface area contributed by atoms with Crippen LogP contribution in [-0.2, 0) is 7.05 Å². The molecule has 0 spiro atoms. The van der Waals surface area contributed by atoms with Crippen molar-refractivity contribution in [2.75, 3.05) is 6.54 Å². The van der Waals surface area contributed by atoms with Crippen LogP contribution in [0.5, 0.6) is 0 Å². The number of aromatic nitrogens is 3. The van der Waals surface area contributed by atoms with Crippen LogP contribution in [0.15, 0.2) is 6.20 Å². The predicted molar refractivity (Wildman–Crippen MR) is 41.0 cm³/mol. The maximum absolute atomic E-state index is 4.05. The molecular formula is C7H12N4. The summed E-state index contributed by atoms with van der Waals surface area (Å²) in [4.78, 5) is 0. The molecule has 11 heavy (non-hydrogen) atoms. The van der Waals surface area contributed by atoms with Gasteiger partial charge in [-0.05, 0) is 19.4 Å². The highest BCUT2D eigenvalue weighted by Crippen LogP contribution is 2.19. The number of hydrogen-bond acceptors (Lipinski definition) is 3. The van der Waals surface area contributed by atoms with E-state index in [0.29, 0.717) is 6.04 Å². The van der Waals surface area contributed by atoms with Gasteiger partial charge in [0.15, 0.2) is 0 Å². The topological polar surface area (TPSA) is 42.7 Å². The van der Waals surface area contributed by atoms with Gasteiger partial charge in [-0.3, -0.25) is 4.68 Å². The summed E-state index contributed by atoms with van der Waals surface area (Å²) < 4.78 is 1.75. The lowest BCUT2D eigenvalue weighted by Gasteiger charge is -2.02. The number of rotatable bonds is 1. The molecule has 1 aromatic heterocycles. The fraction of sp³-hybridized carbons (Fsp3) is 0.714. The van der Waals surface area contributed by atoms with Gasteiger partial charge in [-0.15, -0.1) is 5.10 Å². The van der Waals surface area contributed by atoms with Crippen molar-refractivity contribution >= 4 is 0 Å². The van der Waals surface area contributed by atoms with Crippen LogP contribution >= 0.6 is 0 Å². The second kappa shape index (κ2) is 2.62. The van der Waals surface area contributed by atoms with Crippen LogP contribution < -0.4 is 5.32 Å². The Labute approximate surface area is 65.6 Å². The van der Waals surface area contributed by atoms with Crippen LogP contribution in [0.25, 0.3) is 0 Å². The van der Waals surface area contributed by atoms with Crippen molar-refractivity contribution in [3.05, 3.63) is 11.9 Å². The molecule has 2 heterocycles. The number of hydrogen-bond donors (Lipinski definition) is 1. The van der Waals surface area contributed by atoms with Crippen molar-refractivity contribution in [2.24, 2.45) is 7.05 Å². The highest BCUT2D eigenvalue weighted by atomic mass is 15.4. The Morgan fingerprint density at radius 1 is 1.73 bits per heavy atom. The third-order valence-corrected chi connectivity index (χ3v) is 2.04. The van der Waals surface area contributed by atoms with Gasteiger partial charge in [0.2, 0.25) is 0 Å². The molecule has 1 fully saturated rings. The quantitative estimate of drug-likeness (QED) is 0.626. The van der Waals surface area contributed by atoms with E-state index in [4.69, 9.17) is 0 Å². The molecule has 0 aliphatic carbocycles. The van der Waals surface area contributed by atoms with Crippen molar-refractivity contribution in [3.63, 3.8) is 0 Å². The SMILES string of the molecule is Cn1cc(C2CCCN2)nn1. The third kappa shape index (κ3) is 1.26. The first-order valence-electron chi connectivity index (χ1n) is 3.96. The molecule has 1 N–H and O–H groups in total. The van der Waals surface area contributed by atoms with Crippen LogP contribution in [-0.4, -0.2) is 21.5 Å². The molecule has 0 amide bonds. The van der Waals surface area contributed by atoms with Crippen LogP contribution in [0.1, 0.15) is 24.6 Å². The first-order chi connectivity index (χ1) is 5.36. The highest BCUT2D eigenvalue weighted by molar-refractivity contribution is 5.02. The molecule has 0 bridgehead atoms. The average Bonchev–Trinajstić information content (AvgIpc) is 2.55. The standard InChI is InChI=1S/C7H12N4/c1-11-5-7(9-10-11)6-3-2-4-8-6/h5-6,8H,2-4H2,1H3. The smallest absolute Gasteiger partial charge is 0.0996 e. The second-order valence-corrected chi connectivity index (χ2v) is 2.97. The minimum Gasteiger partial charge on any atom is -0.309 e. The van der Waals surface area contributed by atoms with Crippen molar-refractivity contribution in [2.45, 2.75) is 18.9 Å². The Bertz CT molecular complexity index is 236. The average molecular weight is 152 g/mol. The zero-order valence-corrected chi connectivity index (χ0v) is 6.62. The highest BCUT2D eigenvalue weighted by Gasteiger charge is 2.18. The van der Waals surface area contributed by atoms with Crippen molar-refractivity contribution in [1.29, 1.82) is 0 Å². The van der Waals surface area contributed by atoms with Crippen LogP contribution in [0, 0.1) is 0 Å². The van der Waals surface area contributed by atoms with E-state index in [0.717, 1.165) is 12.2 Å². The molecule has 1 aliphatic rings. The van der Waals surface area contributed by atoms with E-state index in [-0.39, 0.29) is 0 Å². The minimum absolute atomic E-state index is 0.448. The molecule has 0 aromatic carbocycles. The molecule has 4 heteroatoms. The van der Waals surface area contributed by atoms with E-state index in [2.05, 4.69) is 15.6 Å². The van der Waals surface area contributed by atoms with Crippen molar-refractivity contribution in [3.8, 4) is 0 Å². The monoisotopic (exact) mass is 152 g/mol. The zero-order valence-electron chi connectivity index (χ0n) is 6.62. The van der Waals surface area contributed by atoms with Gasteiger partial charge >= 0.3 is 0 Å². The summed E-state index contributed by atoms with van der Waals surface area (Å²) in [5.41, 5.74) is 1.07. The molecule has 2 rings (SSSR count).